The van der Waals surface area contributed by atoms with Gasteiger partial charge in [0.2, 0.25) is 5.91 Å². The number of aromatic nitrogens is 1. The highest BCUT2D eigenvalue weighted by Gasteiger charge is 2.16. The summed E-state index contributed by atoms with van der Waals surface area (Å²) < 4.78 is 0. The Kier molecular flexibility index (Phi) is 3.51. The molecule has 84 valence electrons. The maximum absolute atomic E-state index is 11.4. The molecular formula is C12H14N2OS. The Morgan fingerprint density at radius 2 is 2.25 bits per heavy atom. The quantitative estimate of drug-likeness (QED) is 0.736. The lowest BCUT2D eigenvalue weighted by molar-refractivity contribution is -0.126. The molecule has 3 nitrogen and oxygen atoms in total. The van der Waals surface area contributed by atoms with Gasteiger partial charge >= 0.3 is 0 Å². The fraction of sp³-hybridized carbons (Fsp3) is 0.333. The zero-order valence-corrected chi connectivity index (χ0v) is 9.87. The molecule has 0 atom stereocenters. The molecule has 2 rings (SSSR count). The molecule has 1 amide bonds. The first-order valence-electron chi connectivity index (χ1n) is 5.30. The standard InChI is InChI=1S/C12H14N2OS/c1-2-12(15)14-6-3-10(4-7-14)9-11-13-5-8-16-11/h2,5,8-9H,1,3-4,6-7H2. The topological polar surface area (TPSA) is 33.2 Å². The molecule has 16 heavy (non-hydrogen) atoms. The smallest absolute Gasteiger partial charge is 0.245 e. The van der Waals surface area contributed by atoms with Crippen LogP contribution in [0.25, 0.3) is 6.08 Å². The fourth-order valence-electron chi connectivity index (χ4n) is 1.77. The van der Waals surface area contributed by atoms with Crippen LogP contribution in [0.5, 0.6) is 0 Å². The van der Waals surface area contributed by atoms with Crippen molar-refractivity contribution in [3.05, 3.63) is 34.8 Å². The first kappa shape index (κ1) is 11.1. The Balaban J connectivity index is 1.95. The number of piperidine rings is 1. The zero-order chi connectivity index (χ0) is 11.4. The molecule has 2 heterocycles. The van der Waals surface area contributed by atoms with Crippen LogP contribution in [0.2, 0.25) is 0 Å². The van der Waals surface area contributed by atoms with Crippen molar-refractivity contribution in [2.75, 3.05) is 13.1 Å². The molecule has 0 aromatic carbocycles. The van der Waals surface area contributed by atoms with Crippen LogP contribution in [0, 0.1) is 0 Å². The maximum atomic E-state index is 11.4. The largest absolute Gasteiger partial charge is 0.339 e. The van der Waals surface area contributed by atoms with Crippen molar-refractivity contribution in [2.45, 2.75) is 12.8 Å². The van der Waals surface area contributed by atoms with E-state index in [-0.39, 0.29) is 5.91 Å². The molecule has 1 saturated heterocycles. The predicted octanol–water partition coefficient (Wildman–Crippen LogP) is 2.33. The van der Waals surface area contributed by atoms with Crippen LogP contribution in [0.1, 0.15) is 17.8 Å². The fourth-order valence-corrected chi connectivity index (χ4v) is 2.39. The van der Waals surface area contributed by atoms with Gasteiger partial charge in [-0.15, -0.1) is 11.3 Å². The zero-order valence-electron chi connectivity index (χ0n) is 9.06. The molecule has 0 saturated carbocycles. The monoisotopic (exact) mass is 234 g/mol. The number of hydrogen-bond acceptors (Lipinski definition) is 3. The van der Waals surface area contributed by atoms with Crippen LogP contribution in [0.15, 0.2) is 29.8 Å². The van der Waals surface area contributed by atoms with Gasteiger partial charge in [0.25, 0.3) is 0 Å². The van der Waals surface area contributed by atoms with E-state index in [0.717, 1.165) is 30.9 Å². The van der Waals surface area contributed by atoms with E-state index in [0.29, 0.717) is 0 Å². The number of carbonyl (C=O) groups is 1. The third kappa shape index (κ3) is 2.58. The van der Waals surface area contributed by atoms with Crippen molar-refractivity contribution >= 4 is 23.3 Å². The van der Waals surface area contributed by atoms with Gasteiger partial charge in [-0.3, -0.25) is 4.79 Å². The summed E-state index contributed by atoms with van der Waals surface area (Å²) in [5, 5.41) is 3.03. The summed E-state index contributed by atoms with van der Waals surface area (Å²) in [5.41, 5.74) is 1.38. The second-order valence-corrected chi connectivity index (χ2v) is 4.63. The SMILES string of the molecule is C=CC(=O)N1CCC(=Cc2nccs2)CC1. The van der Waals surface area contributed by atoms with Gasteiger partial charge in [-0.05, 0) is 25.0 Å². The van der Waals surface area contributed by atoms with Crippen LogP contribution in [-0.2, 0) is 4.79 Å². The van der Waals surface area contributed by atoms with Gasteiger partial charge in [-0.1, -0.05) is 12.2 Å². The first-order valence-corrected chi connectivity index (χ1v) is 6.18. The van der Waals surface area contributed by atoms with Crippen molar-refractivity contribution in [2.24, 2.45) is 0 Å². The van der Waals surface area contributed by atoms with Crippen LogP contribution in [0.4, 0.5) is 0 Å². The molecule has 0 bridgehead atoms. The normalized spacial score (nSPS) is 16.0. The molecule has 1 aliphatic rings. The Labute approximate surface area is 99.1 Å². The second kappa shape index (κ2) is 5.07. The number of carbonyl (C=O) groups excluding carboxylic acids is 1. The van der Waals surface area contributed by atoms with Crippen molar-refractivity contribution in [1.82, 2.24) is 9.88 Å². The molecule has 0 spiro atoms. The van der Waals surface area contributed by atoms with Crippen LogP contribution < -0.4 is 0 Å². The Hall–Kier alpha value is -1.42. The van der Waals surface area contributed by atoms with E-state index < -0.39 is 0 Å². The Morgan fingerprint density at radius 3 is 2.81 bits per heavy atom. The minimum Gasteiger partial charge on any atom is -0.339 e. The number of likely N-dealkylation sites (tertiary alicyclic amines) is 1. The molecule has 0 aliphatic carbocycles. The highest BCUT2D eigenvalue weighted by atomic mass is 32.1. The summed E-state index contributed by atoms with van der Waals surface area (Å²) in [6, 6.07) is 0. The van der Waals surface area contributed by atoms with E-state index in [4.69, 9.17) is 0 Å². The van der Waals surface area contributed by atoms with Gasteiger partial charge in [0.15, 0.2) is 0 Å². The lowest BCUT2D eigenvalue weighted by Crippen LogP contribution is -2.34. The van der Waals surface area contributed by atoms with Gasteiger partial charge in [0.1, 0.15) is 5.01 Å². The molecule has 1 aromatic heterocycles. The van der Waals surface area contributed by atoms with Crippen LogP contribution in [-0.4, -0.2) is 28.9 Å². The summed E-state index contributed by atoms with van der Waals surface area (Å²) in [6.07, 6.45) is 7.22. The lowest BCUT2D eigenvalue weighted by Gasteiger charge is -2.27. The van der Waals surface area contributed by atoms with Crippen molar-refractivity contribution in [1.29, 1.82) is 0 Å². The van der Waals surface area contributed by atoms with E-state index in [9.17, 15) is 4.79 Å². The summed E-state index contributed by atoms with van der Waals surface area (Å²) >= 11 is 1.64. The van der Waals surface area contributed by atoms with Gasteiger partial charge in [0.05, 0.1) is 0 Å². The molecule has 0 radical (unpaired) electrons. The lowest BCUT2D eigenvalue weighted by atomic mass is 10.0. The van der Waals surface area contributed by atoms with Gasteiger partial charge in [-0.2, -0.15) is 0 Å². The van der Waals surface area contributed by atoms with E-state index in [1.165, 1.54) is 11.6 Å². The van der Waals surface area contributed by atoms with Crippen LogP contribution >= 0.6 is 11.3 Å². The van der Waals surface area contributed by atoms with Crippen molar-refractivity contribution in [3.8, 4) is 0 Å². The highest BCUT2D eigenvalue weighted by molar-refractivity contribution is 7.10. The first-order chi connectivity index (χ1) is 7.79. The molecule has 1 aliphatic heterocycles. The Bertz CT molecular complexity index is 399. The van der Waals surface area contributed by atoms with Gasteiger partial charge in [0, 0.05) is 24.7 Å². The molecule has 0 unspecified atom stereocenters. The van der Waals surface area contributed by atoms with Gasteiger partial charge in [-0.25, -0.2) is 4.98 Å². The summed E-state index contributed by atoms with van der Waals surface area (Å²) in [7, 11) is 0. The van der Waals surface area contributed by atoms with E-state index in [2.05, 4.69) is 17.6 Å². The summed E-state index contributed by atoms with van der Waals surface area (Å²) in [4.78, 5) is 17.4. The summed E-state index contributed by atoms with van der Waals surface area (Å²) in [5.74, 6) is 0.0355. The third-order valence-corrected chi connectivity index (χ3v) is 3.39. The average molecular weight is 234 g/mol. The minimum atomic E-state index is 0.0355. The minimum absolute atomic E-state index is 0.0355. The number of nitrogens with zero attached hydrogens (tertiary/aromatic N) is 2. The van der Waals surface area contributed by atoms with E-state index in [1.54, 1.807) is 11.3 Å². The molecule has 0 N–H and O–H groups in total. The van der Waals surface area contributed by atoms with Crippen molar-refractivity contribution in [3.63, 3.8) is 0 Å². The highest BCUT2D eigenvalue weighted by Crippen LogP contribution is 2.20. The predicted molar refractivity (Wildman–Crippen MR) is 66.1 cm³/mol. The number of amides is 1. The Morgan fingerprint density at radius 1 is 1.50 bits per heavy atom. The third-order valence-electron chi connectivity index (χ3n) is 2.67. The number of rotatable bonds is 2. The van der Waals surface area contributed by atoms with Gasteiger partial charge < -0.3 is 4.90 Å². The molecule has 4 heteroatoms. The van der Waals surface area contributed by atoms with E-state index in [1.807, 2.05) is 16.5 Å². The van der Waals surface area contributed by atoms with Crippen LogP contribution in [0.3, 0.4) is 0 Å². The van der Waals surface area contributed by atoms with Crippen molar-refractivity contribution < 1.29 is 4.79 Å². The van der Waals surface area contributed by atoms with E-state index >= 15 is 0 Å². The second-order valence-electron chi connectivity index (χ2n) is 3.70. The number of hydrogen-bond donors (Lipinski definition) is 0. The number of thiazole rings is 1. The molecule has 1 fully saturated rings. The molecular weight excluding hydrogens is 220 g/mol. The molecule has 1 aromatic rings. The average Bonchev–Trinajstić information content (AvgIpc) is 2.82. The maximum Gasteiger partial charge on any atom is 0.245 e. The summed E-state index contributed by atoms with van der Waals surface area (Å²) in [6.45, 7) is 5.09.